The Balaban J connectivity index is 2.07. The minimum Gasteiger partial charge on any atom is -0.250 e. The molecule has 0 aliphatic heterocycles. The van der Waals surface area contributed by atoms with Crippen molar-refractivity contribution in [2.75, 3.05) is 0 Å². The van der Waals surface area contributed by atoms with E-state index in [1.807, 2.05) is 0 Å². The van der Waals surface area contributed by atoms with Crippen molar-refractivity contribution in [1.82, 2.24) is 4.98 Å². The second kappa shape index (κ2) is 12.7. The molecule has 2 heteroatoms. The quantitative estimate of drug-likeness (QED) is 0.289. The first kappa shape index (κ1) is 20.7. The zero-order valence-corrected chi connectivity index (χ0v) is 17.0. The maximum absolute atomic E-state index is 3.27. The summed E-state index contributed by atoms with van der Waals surface area (Å²) in [6, 6.07) is 11.7. The van der Waals surface area contributed by atoms with Crippen LogP contribution in [0.25, 0.3) is 0 Å². The molecule has 26 heavy (non-hydrogen) atoms. The van der Waals surface area contributed by atoms with E-state index in [-0.39, 0.29) is 0 Å². The molecule has 2 aromatic rings. The minimum atomic E-state index is 0.611. The molecule has 2 unspecified atom stereocenters. The largest absolute Gasteiger partial charge is 0.250 e. The lowest BCUT2D eigenvalue weighted by Gasteiger charge is -2.25. The summed E-state index contributed by atoms with van der Waals surface area (Å²) in [5.41, 5.74) is 1.49. The first-order valence-corrected chi connectivity index (χ1v) is 10.9. The van der Waals surface area contributed by atoms with Crippen LogP contribution in [-0.2, 0) is 6.42 Å². The van der Waals surface area contributed by atoms with Crippen LogP contribution in [0.2, 0.25) is 0 Å². The summed E-state index contributed by atoms with van der Waals surface area (Å²) in [5, 5.41) is 0. The Hall–Kier alpha value is -1.57. The van der Waals surface area contributed by atoms with Gasteiger partial charge in [-0.05, 0) is 31.2 Å². The Morgan fingerprint density at radius 3 is 2.15 bits per heavy atom. The van der Waals surface area contributed by atoms with Crippen LogP contribution in [0.3, 0.4) is 0 Å². The van der Waals surface area contributed by atoms with Gasteiger partial charge in [-0.2, -0.15) is 0 Å². The van der Waals surface area contributed by atoms with Gasteiger partial charge in [-0.3, -0.25) is 4.98 Å². The number of benzene rings is 1. The Morgan fingerprint density at radius 2 is 1.54 bits per heavy atom. The second-order valence-corrected chi connectivity index (χ2v) is 7.77. The molecule has 2 rings (SSSR count). The highest BCUT2D eigenvalue weighted by Crippen LogP contribution is 2.28. The van der Waals surface area contributed by atoms with E-state index in [1.54, 1.807) is 0 Å². The van der Waals surface area contributed by atoms with Crippen molar-refractivity contribution in [2.24, 2.45) is 5.92 Å². The van der Waals surface area contributed by atoms with E-state index in [2.05, 4.69) is 72.5 Å². The smallest absolute Gasteiger partial charge is 0.241 e. The SMILES string of the molecule is CCCCCCC(Cc1ccccc1)C(CCCCCC)[n+]1cc[nH]c1. The average Bonchev–Trinajstić information content (AvgIpc) is 3.20. The summed E-state index contributed by atoms with van der Waals surface area (Å²) in [6.07, 6.45) is 21.1. The van der Waals surface area contributed by atoms with Gasteiger partial charge in [0.2, 0.25) is 6.33 Å². The van der Waals surface area contributed by atoms with Crippen molar-refractivity contribution >= 4 is 0 Å². The molecule has 0 amide bonds. The number of rotatable bonds is 14. The van der Waals surface area contributed by atoms with E-state index in [9.17, 15) is 0 Å². The van der Waals surface area contributed by atoms with E-state index in [0.717, 1.165) is 5.92 Å². The van der Waals surface area contributed by atoms with Gasteiger partial charge in [0.1, 0.15) is 18.4 Å². The minimum absolute atomic E-state index is 0.611. The Labute approximate surface area is 161 Å². The molecule has 1 N–H and O–H groups in total. The summed E-state index contributed by atoms with van der Waals surface area (Å²) < 4.78 is 2.44. The molecule has 1 heterocycles. The molecule has 2 nitrogen and oxygen atoms in total. The van der Waals surface area contributed by atoms with E-state index in [4.69, 9.17) is 0 Å². The van der Waals surface area contributed by atoms with Gasteiger partial charge in [-0.15, -0.1) is 0 Å². The predicted molar refractivity (Wildman–Crippen MR) is 111 cm³/mol. The van der Waals surface area contributed by atoms with Crippen LogP contribution in [0.1, 0.15) is 89.7 Å². The first-order chi connectivity index (χ1) is 12.8. The zero-order valence-electron chi connectivity index (χ0n) is 17.0. The number of hydrogen-bond acceptors (Lipinski definition) is 0. The van der Waals surface area contributed by atoms with Crippen LogP contribution < -0.4 is 4.57 Å². The molecule has 0 spiro atoms. The van der Waals surface area contributed by atoms with Crippen molar-refractivity contribution in [2.45, 2.75) is 90.5 Å². The predicted octanol–water partition coefficient (Wildman–Crippen LogP) is 6.64. The molecule has 144 valence electrons. The lowest BCUT2D eigenvalue weighted by Crippen LogP contribution is -2.42. The number of hydrogen-bond donors (Lipinski definition) is 1. The number of nitrogens with one attached hydrogen (secondary N) is 1. The lowest BCUT2D eigenvalue weighted by molar-refractivity contribution is -0.730. The highest BCUT2D eigenvalue weighted by molar-refractivity contribution is 5.15. The normalized spacial score (nSPS) is 13.6. The van der Waals surface area contributed by atoms with Gasteiger partial charge < -0.3 is 0 Å². The molecule has 0 radical (unpaired) electrons. The van der Waals surface area contributed by atoms with E-state index >= 15 is 0 Å². The molecule has 0 saturated carbocycles. The van der Waals surface area contributed by atoms with E-state index in [1.165, 1.54) is 76.2 Å². The highest BCUT2D eigenvalue weighted by Gasteiger charge is 2.26. The maximum Gasteiger partial charge on any atom is 0.241 e. The number of imidazole rings is 1. The standard InChI is InChI=1S/C24H38N2/c1-3-5-7-12-16-23(20-22-14-10-9-11-15-22)24(17-13-8-6-4-2)26-19-18-25-21-26/h9-11,14-15,18-19,21,23-24H,3-8,12-13,16-17,20H2,1-2H3/p+1. The Bertz CT molecular complexity index is 547. The topological polar surface area (TPSA) is 19.7 Å². The van der Waals surface area contributed by atoms with Gasteiger partial charge >= 0.3 is 0 Å². The molecule has 0 aliphatic carbocycles. The molecule has 0 saturated heterocycles. The third-order valence-corrected chi connectivity index (χ3v) is 5.62. The van der Waals surface area contributed by atoms with Crippen LogP contribution in [0, 0.1) is 5.92 Å². The molecular weight excluding hydrogens is 316 g/mol. The summed E-state index contributed by atoms with van der Waals surface area (Å²) >= 11 is 0. The lowest BCUT2D eigenvalue weighted by atomic mass is 9.84. The summed E-state index contributed by atoms with van der Waals surface area (Å²) in [5.74, 6) is 0.719. The number of aromatic nitrogens is 2. The van der Waals surface area contributed by atoms with Gasteiger partial charge in [-0.25, -0.2) is 4.57 Å². The van der Waals surface area contributed by atoms with Crippen molar-refractivity contribution in [1.29, 1.82) is 0 Å². The number of unbranched alkanes of at least 4 members (excludes halogenated alkanes) is 6. The van der Waals surface area contributed by atoms with Crippen LogP contribution in [0.5, 0.6) is 0 Å². The van der Waals surface area contributed by atoms with Crippen LogP contribution in [-0.4, -0.2) is 4.98 Å². The van der Waals surface area contributed by atoms with Crippen LogP contribution >= 0.6 is 0 Å². The van der Waals surface area contributed by atoms with Crippen molar-refractivity contribution < 1.29 is 4.57 Å². The summed E-state index contributed by atoms with van der Waals surface area (Å²) in [7, 11) is 0. The first-order valence-electron chi connectivity index (χ1n) is 10.9. The van der Waals surface area contributed by atoms with E-state index in [0.29, 0.717) is 6.04 Å². The van der Waals surface area contributed by atoms with Gasteiger partial charge in [-0.1, -0.05) is 89.1 Å². The Kier molecular flexibility index (Phi) is 10.2. The van der Waals surface area contributed by atoms with Gasteiger partial charge in [0.15, 0.2) is 0 Å². The average molecular weight is 356 g/mol. The monoisotopic (exact) mass is 355 g/mol. The molecule has 1 aromatic carbocycles. The van der Waals surface area contributed by atoms with Gasteiger partial charge in [0, 0.05) is 5.92 Å². The summed E-state index contributed by atoms with van der Waals surface area (Å²) in [4.78, 5) is 3.27. The molecule has 1 aromatic heterocycles. The summed E-state index contributed by atoms with van der Waals surface area (Å²) in [6.45, 7) is 4.60. The number of aromatic amines is 1. The molecule has 0 fully saturated rings. The number of H-pyrrole nitrogens is 1. The van der Waals surface area contributed by atoms with Crippen molar-refractivity contribution in [3.63, 3.8) is 0 Å². The highest BCUT2D eigenvalue weighted by atomic mass is 15.1. The van der Waals surface area contributed by atoms with Crippen LogP contribution in [0.4, 0.5) is 0 Å². The van der Waals surface area contributed by atoms with Gasteiger partial charge in [0.25, 0.3) is 0 Å². The van der Waals surface area contributed by atoms with Gasteiger partial charge in [0.05, 0.1) is 0 Å². The third kappa shape index (κ3) is 7.35. The second-order valence-electron chi connectivity index (χ2n) is 7.77. The van der Waals surface area contributed by atoms with Crippen molar-refractivity contribution in [3.8, 4) is 0 Å². The fourth-order valence-electron chi connectivity index (χ4n) is 4.10. The fraction of sp³-hybridized carbons (Fsp3) is 0.625. The van der Waals surface area contributed by atoms with E-state index < -0.39 is 0 Å². The third-order valence-electron chi connectivity index (χ3n) is 5.62. The molecule has 0 bridgehead atoms. The maximum atomic E-state index is 3.27. The molecule has 0 aliphatic rings. The Morgan fingerprint density at radius 1 is 0.846 bits per heavy atom. The van der Waals surface area contributed by atoms with Crippen LogP contribution in [0.15, 0.2) is 49.1 Å². The molecular formula is C24H39N2+. The fourth-order valence-corrected chi connectivity index (χ4v) is 4.10. The molecule has 2 atom stereocenters. The number of nitrogens with zero attached hydrogens (tertiary/aromatic N) is 1. The zero-order chi connectivity index (χ0) is 18.5. The van der Waals surface area contributed by atoms with Crippen molar-refractivity contribution in [3.05, 3.63) is 54.6 Å².